The Morgan fingerprint density at radius 1 is 1.33 bits per heavy atom. The zero-order valence-electron chi connectivity index (χ0n) is 8.22. The van der Waals surface area contributed by atoms with E-state index in [0.29, 0.717) is 12.0 Å². The molecular formula is C11H12N2S2. The topological polar surface area (TPSA) is 38.9 Å². The number of hydrogen-bond acceptors (Lipinski definition) is 4. The summed E-state index contributed by atoms with van der Waals surface area (Å²) in [5, 5.41) is 5.43. The first-order valence-electron chi connectivity index (χ1n) is 5.08. The van der Waals surface area contributed by atoms with Gasteiger partial charge in [-0.3, -0.25) is 0 Å². The minimum absolute atomic E-state index is 0.405. The van der Waals surface area contributed by atoms with Crippen molar-refractivity contribution in [1.82, 2.24) is 4.98 Å². The number of aromatic nitrogens is 1. The molecule has 3 rings (SSSR count). The Balaban J connectivity index is 1.82. The van der Waals surface area contributed by atoms with Crippen LogP contribution in [0.5, 0.6) is 0 Å². The lowest BCUT2D eigenvalue weighted by molar-refractivity contribution is 0.346. The summed E-state index contributed by atoms with van der Waals surface area (Å²) >= 11 is 3.50. The van der Waals surface area contributed by atoms with E-state index in [1.165, 1.54) is 10.6 Å². The van der Waals surface area contributed by atoms with Gasteiger partial charge in [-0.15, -0.1) is 22.7 Å². The fourth-order valence-corrected chi connectivity index (χ4v) is 3.61. The van der Waals surface area contributed by atoms with Crippen LogP contribution in [-0.2, 0) is 0 Å². The van der Waals surface area contributed by atoms with Crippen LogP contribution in [0.4, 0.5) is 0 Å². The predicted octanol–water partition coefficient (Wildman–Crippen LogP) is 3.08. The van der Waals surface area contributed by atoms with Gasteiger partial charge in [0.1, 0.15) is 5.01 Å². The molecule has 4 heteroatoms. The van der Waals surface area contributed by atoms with Gasteiger partial charge in [0, 0.05) is 17.3 Å². The highest BCUT2D eigenvalue weighted by Gasteiger charge is 2.29. The Morgan fingerprint density at radius 2 is 2.20 bits per heavy atom. The summed E-state index contributed by atoms with van der Waals surface area (Å²) in [5.41, 5.74) is 7.03. The average molecular weight is 236 g/mol. The van der Waals surface area contributed by atoms with Crippen molar-refractivity contribution in [2.45, 2.75) is 24.8 Å². The van der Waals surface area contributed by atoms with Crippen molar-refractivity contribution in [2.75, 3.05) is 0 Å². The van der Waals surface area contributed by atoms with Crippen LogP contribution < -0.4 is 5.73 Å². The Hall–Kier alpha value is -0.710. The van der Waals surface area contributed by atoms with E-state index in [2.05, 4.69) is 27.9 Å². The van der Waals surface area contributed by atoms with E-state index < -0.39 is 0 Å². The zero-order valence-corrected chi connectivity index (χ0v) is 9.85. The van der Waals surface area contributed by atoms with Gasteiger partial charge in [-0.25, -0.2) is 4.98 Å². The maximum absolute atomic E-state index is 5.79. The van der Waals surface area contributed by atoms with Crippen molar-refractivity contribution >= 4 is 22.7 Å². The second-order valence-electron chi connectivity index (χ2n) is 3.98. The molecule has 2 heterocycles. The molecule has 78 valence electrons. The highest BCUT2D eigenvalue weighted by atomic mass is 32.1. The summed E-state index contributed by atoms with van der Waals surface area (Å²) in [5.74, 6) is 0.616. The van der Waals surface area contributed by atoms with Crippen molar-refractivity contribution in [2.24, 2.45) is 5.73 Å². The van der Waals surface area contributed by atoms with Crippen LogP contribution in [0.1, 0.15) is 24.5 Å². The Morgan fingerprint density at radius 3 is 2.87 bits per heavy atom. The number of nitrogens with zero attached hydrogens (tertiary/aromatic N) is 1. The highest BCUT2D eigenvalue weighted by Crippen LogP contribution is 2.38. The van der Waals surface area contributed by atoms with Crippen LogP contribution in [-0.4, -0.2) is 11.0 Å². The number of rotatable bonds is 2. The molecule has 2 aromatic heterocycles. The molecule has 0 unspecified atom stereocenters. The standard InChI is InChI=1S/C11H12N2S2/c12-8-4-7(5-8)9-6-15-11(13-9)10-2-1-3-14-10/h1-3,6-8H,4-5,12H2. The maximum Gasteiger partial charge on any atom is 0.133 e. The Labute approximate surface area is 96.8 Å². The number of nitrogens with two attached hydrogens (primary N) is 1. The SMILES string of the molecule is NC1CC(c2csc(-c3cccs3)n2)C1. The second-order valence-corrected chi connectivity index (χ2v) is 5.79. The molecule has 0 aliphatic heterocycles. The molecule has 0 radical (unpaired) electrons. The number of thiophene rings is 1. The minimum atomic E-state index is 0.405. The van der Waals surface area contributed by atoms with Crippen LogP contribution in [0.2, 0.25) is 0 Å². The van der Waals surface area contributed by atoms with E-state index >= 15 is 0 Å². The largest absolute Gasteiger partial charge is 0.328 e. The molecule has 2 N–H and O–H groups in total. The lowest BCUT2D eigenvalue weighted by atomic mass is 9.79. The Kier molecular flexibility index (Phi) is 2.35. The first-order chi connectivity index (χ1) is 7.33. The van der Waals surface area contributed by atoms with Gasteiger partial charge >= 0.3 is 0 Å². The van der Waals surface area contributed by atoms with Crippen molar-refractivity contribution < 1.29 is 0 Å². The molecule has 2 aromatic rings. The molecule has 15 heavy (non-hydrogen) atoms. The van der Waals surface area contributed by atoms with Crippen molar-refractivity contribution in [3.63, 3.8) is 0 Å². The molecule has 1 saturated carbocycles. The van der Waals surface area contributed by atoms with Crippen molar-refractivity contribution in [3.05, 3.63) is 28.6 Å². The molecule has 0 amide bonds. The second kappa shape index (κ2) is 3.70. The van der Waals surface area contributed by atoms with E-state index in [1.54, 1.807) is 22.7 Å². The predicted molar refractivity (Wildman–Crippen MR) is 65.4 cm³/mol. The third-order valence-corrected chi connectivity index (χ3v) is 4.75. The smallest absolute Gasteiger partial charge is 0.133 e. The third kappa shape index (κ3) is 1.73. The molecule has 0 spiro atoms. The molecular weight excluding hydrogens is 224 g/mol. The van der Waals surface area contributed by atoms with Gasteiger partial charge in [-0.1, -0.05) is 6.07 Å². The monoisotopic (exact) mass is 236 g/mol. The molecule has 1 aliphatic rings. The first-order valence-corrected chi connectivity index (χ1v) is 6.84. The fourth-order valence-electron chi connectivity index (χ4n) is 1.89. The molecule has 0 aromatic carbocycles. The highest BCUT2D eigenvalue weighted by molar-refractivity contribution is 7.20. The average Bonchev–Trinajstić information content (AvgIpc) is 2.83. The van der Waals surface area contributed by atoms with Gasteiger partial charge < -0.3 is 5.73 Å². The van der Waals surface area contributed by atoms with Gasteiger partial charge in [0.2, 0.25) is 0 Å². The molecule has 1 aliphatic carbocycles. The summed E-state index contributed by atoms with van der Waals surface area (Å²) in [7, 11) is 0. The molecule has 1 fully saturated rings. The normalized spacial score (nSPS) is 25.1. The molecule has 2 nitrogen and oxygen atoms in total. The summed E-state index contributed by atoms with van der Waals surface area (Å²) in [6.45, 7) is 0. The van der Waals surface area contributed by atoms with Gasteiger partial charge in [-0.05, 0) is 24.3 Å². The lowest BCUT2D eigenvalue weighted by Crippen LogP contribution is -2.34. The maximum atomic E-state index is 5.79. The molecule has 0 bridgehead atoms. The Bertz CT molecular complexity index is 441. The van der Waals surface area contributed by atoms with Crippen LogP contribution >= 0.6 is 22.7 Å². The van der Waals surface area contributed by atoms with Gasteiger partial charge in [-0.2, -0.15) is 0 Å². The van der Waals surface area contributed by atoms with Crippen LogP contribution in [0.25, 0.3) is 9.88 Å². The van der Waals surface area contributed by atoms with Crippen LogP contribution in [0.15, 0.2) is 22.9 Å². The van der Waals surface area contributed by atoms with E-state index in [9.17, 15) is 0 Å². The lowest BCUT2D eigenvalue weighted by Gasteiger charge is -2.30. The zero-order chi connectivity index (χ0) is 10.3. The molecule has 0 saturated heterocycles. The summed E-state index contributed by atoms with van der Waals surface area (Å²) in [6, 6.07) is 4.60. The number of thiazole rings is 1. The summed E-state index contributed by atoms with van der Waals surface area (Å²) in [4.78, 5) is 5.96. The van der Waals surface area contributed by atoms with Gasteiger partial charge in [0.05, 0.1) is 10.6 Å². The summed E-state index contributed by atoms with van der Waals surface area (Å²) < 4.78 is 0. The fraction of sp³-hybridized carbons (Fsp3) is 0.364. The van der Waals surface area contributed by atoms with Crippen molar-refractivity contribution in [3.8, 4) is 9.88 Å². The van der Waals surface area contributed by atoms with Gasteiger partial charge in [0.25, 0.3) is 0 Å². The third-order valence-electron chi connectivity index (χ3n) is 2.85. The van der Waals surface area contributed by atoms with E-state index in [1.807, 2.05) is 0 Å². The van der Waals surface area contributed by atoms with Crippen LogP contribution in [0.3, 0.4) is 0 Å². The van der Waals surface area contributed by atoms with Crippen LogP contribution in [0, 0.1) is 0 Å². The molecule has 0 atom stereocenters. The van der Waals surface area contributed by atoms with Crippen molar-refractivity contribution in [1.29, 1.82) is 0 Å². The summed E-state index contributed by atoms with van der Waals surface area (Å²) in [6.07, 6.45) is 2.21. The van der Waals surface area contributed by atoms with Gasteiger partial charge in [0.15, 0.2) is 0 Å². The van der Waals surface area contributed by atoms with E-state index in [-0.39, 0.29) is 0 Å². The van der Waals surface area contributed by atoms with E-state index in [4.69, 9.17) is 5.73 Å². The number of hydrogen-bond donors (Lipinski definition) is 1. The minimum Gasteiger partial charge on any atom is -0.328 e. The quantitative estimate of drug-likeness (QED) is 0.870. The first kappa shape index (κ1) is 9.51. The van der Waals surface area contributed by atoms with E-state index in [0.717, 1.165) is 17.8 Å².